The highest BCUT2D eigenvalue weighted by Crippen LogP contribution is 2.60. The van der Waals surface area contributed by atoms with Crippen LogP contribution >= 0.6 is 0 Å². The van der Waals surface area contributed by atoms with Gasteiger partial charge in [-0.05, 0) is 317 Å². The number of anilines is 18. The lowest BCUT2D eigenvalue weighted by molar-refractivity contribution is 0.477. The zero-order valence-electron chi connectivity index (χ0n) is 81.1. The van der Waals surface area contributed by atoms with Crippen molar-refractivity contribution in [2.75, 3.05) is 29.4 Å². The molecule has 0 unspecified atom stereocenters. The van der Waals surface area contributed by atoms with Gasteiger partial charge in [-0.1, -0.05) is 328 Å². The summed E-state index contributed by atoms with van der Waals surface area (Å²) in [6.45, 7) is 0. The van der Waals surface area contributed by atoms with Gasteiger partial charge in [-0.3, -0.25) is 0 Å². The molecule has 12 nitrogen and oxygen atoms in total. The maximum atomic E-state index is 6.46. The van der Waals surface area contributed by atoms with Gasteiger partial charge in [0, 0.05) is 34.1 Å². The molecule has 0 aliphatic carbocycles. The third kappa shape index (κ3) is 15.8. The van der Waals surface area contributed by atoms with E-state index in [1.807, 2.05) is 84.9 Å². The van der Waals surface area contributed by atoms with Gasteiger partial charge in [0.05, 0.1) is 68.2 Å². The van der Waals surface area contributed by atoms with Crippen molar-refractivity contribution in [1.29, 1.82) is 0 Å². The quantitative estimate of drug-likeness (QED) is 0.117. The summed E-state index contributed by atoms with van der Waals surface area (Å²) in [5.74, 6) is 10.1. The number of nitrogens with zero attached hydrogens (tertiary/aromatic N) is 6. The highest BCUT2D eigenvalue weighted by molar-refractivity contribution is 6.08. The molecule has 0 aromatic heterocycles. The van der Waals surface area contributed by atoms with Crippen molar-refractivity contribution < 1.29 is 28.4 Å². The smallest absolute Gasteiger partial charge is 0.151 e. The number of hydrogen-bond donors (Lipinski definition) is 0. The molecule has 0 amide bonds. The van der Waals surface area contributed by atoms with Crippen LogP contribution in [0.15, 0.2) is 546 Å². The predicted molar refractivity (Wildman–Crippen MR) is 613 cm³/mol. The maximum absolute atomic E-state index is 6.46. The monoisotopic (exact) mass is 1930 g/mol. The number of benzene rings is 24. The van der Waals surface area contributed by atoms with Gasteiger partial charge in [0.2, 0.25) is 0 Å². The fourth-order valence-corrected chi connectivity index (χ4v) is 21.7. The van der Waals surface area contributed by atoms with E-state index in [0.29, 0.717) is 0 Å². The fourth-order valence-electron chi connectivity index (χ4n) is 21.7. The largest absolute Gasteiger partial charge is 0.453 e. The van der Waals surface area contributed by atoms with Crippen molar-refractivity contribution in [2.45, 2.75) is 0 Å². The first-order valence-corrected chi connectivity index (χ1v) is 50.5. The third-order valence-electron chi connectivity index (χ3n) is 28.8. The van der Waals surface area contributed by atoms with Crippen LogP contribution in [0.25, 0.3) is 99.1 Å². The molecule has 0 N–H and O–H groups in total. The van der Waals surface area contributed by atoms with Crippen LogP contribution in [0.4, 0.5) is 102 Å². The van der Waals surface area contributed by atoms with Crippen LogP contribution < -0.4 is 57.8 Å². The minimum absolute atomic E-state index is 0.830. The second-order valence-corrected chi connectivity index (χ2v) is 37.8. The van der Waals surface area contributed by atoms with E-state index in [1.54, 1.807) is 0 Å². The molecule has 12 heteroatoms. The fraction of sp³-hybridized carbons (Fsp3) is 0. The lowest BCUT2D eigenvalue weighted by Gasteiger charge is -2.33. The molecular weight excluding hydrogens is 1840 g/mol. The van der Waals surface area contributed by atoms with Crippen molar-refractivity contribution >= 4 is 135 Å². The number of para-hydroxylation sites is 16. The standard InChI is InChI=1S/C50H32N2O2.C46H30N2O2.C42H28N2O2/c1-3-11-37-29-41(25-21-33(37)9-1)51-43-13-5-7-15-47(43)53-49-27-23-39(31-45(49)51)35-17-19-36(20-18-35)40-24-28-50-46(32-40)52(44-14-6-8-16-48(44)54-50)42-26-22-34-10-2-4-12-38(34)30-42;1-3-13-33(14-4-1)47-39-19-9-11-21-43(39)49-45-27-23-31(29-41(45)47)35-25-26-36(38-18-8-7-17-37(35)38)32-24-28-46-42(30-32)48(34-15-5-2-6-16-34)40-20-10-12-22-44(40)50-46;1-3-11-33(12-4-1)43-35-15-7-9-17-39(35)45-41-25-23-31(27-37(41)43)29-19-21-30(22-20-29)32-24-26-42-38(28-32)44(34-13-5-2-6-14-34)36-16-8-10-18-40(36)46-42/h1-32H;1-30H;1-28H. The summed E-state index contributed by atoms with van der Waals surface area (Å²) < 4.78 is 38.5. The molecule has 708 valence electrons. The van der Waals surface area contributed by atoms with Crippen molar-refractivity contribution in [3.8, 4) is 136 Å². The summed E-state index contributed by atoms with van der Waals surface area (Å²) in [5.41, 5.74) is 32.4. The highest BCUT2D eigenvalue weighted by atomic mass is 16.5. The summed E-state index contributed by atoms with van der Waals surface area (Å²) in [4.78, 5) is 13.8. The first-order chi connectivity index (χ1) is 74.3. The molecule has 150 heavy (non-hydrogen) atoms. The first-order valence-electron chi connectivity index (χ1n) is 50.5. The molecule has 24 aromatic rings. The van der Waals surface area contributed by atoms with Gasteiger partial charge in [0.25, 0.3) is 0 Å². The molecule has 0 bridgehead atoms. The Morgan fingerprint density at radius 2 is 0.293 bits per heavy atom. The minimum Gasteiger partial charge on any atom is -0.453 e. The van der Waals surface area contributed by atoms with Crippen LogP contribution in [0, 0.1) is 0 Å². The van der Waals surface area contributed by atoms with Crippen molar-refractivity contribution in [3.63, 3.8) is 0 Å². The average Bonchev–Trinajstić information content (AvgIpc) is 0.679. The lowest BCUT2D eigenvalue weighted by atomic mass is 9.91. The zero-order chi connectivity index (χ0) is 99.1. The normalized spacial score (nSPS) is 12.6. The summed E-state index contributed by atoms with van der Waals surface area (Å²) in [6, 6.07) is 191. The highest BCUT2D eigenvalue weighted by Gasteiger charge is 2.35. The Balaban J connectivity index is 0.000000108. The van der Waals surface area contributed by atoms with Crippen molar-refractivity contribution in [1.82, 2.24) is 0 Å². The number of rotatable bonds is 12. The molecule has 0 radical (unpaired) electrons. The first kappa shape index (κ1) is 87.5. The van der Waals surface area contributed by atoms with Gasteiger partial charge in [0.15, 0.2) is 69.0 Å². The summed E-state index contributed by atoms with van der Waals surface area (Å²) in [5, 5.41) is 7.21. The van der Waals surface area contributed by atoms with Gasteiger partial charge in [-0.25, -0.2) is 0 Å². The van der Waals surface area contributed by atoms with Crippen LogP contribution in [-0.4, -0.2) is 0 Å². The van der Waals surface area contributed by atoms with E-state index in [4.69, 9.17) is 28.4 Å². The molecule has 0 spiro atoms. The molecule has 6 heterocycles. The van der Waals surface area contributed by atoms with E-state index in [2.05, 4.69) is 490 Å². The van der Waals surface area contributed by atoms with Crippen LogP contribution in [0.3, 0.4) is 0 Å². The van der Waals surface area contributed by atoms with Gasteiger partial charge in [0.1, 0.15) is 0 Å². The Kier molecular flexibility index (Phi) is 21.6. The van der Waals surface area contributed by atoms with E-state index in [9.17, 15) is 0 Å². The number of fused-ring (bicyclic) bond motifs is 15. The van der Waals surface area contributed by atoms with E-state index in [-0.39, 0.29) is 0 Å². The zero-order valence-corrected chi connectivity index (χ0v) is 81.1. The predicted octanol–water partition coefficient (Wildman–Crippen LogP) is 40.0. The number of hydrogen-bond acceptors (Lipinski definition) is 12. The Morgan fingerprint density at radius 3 is 0.547 bits per heavy atom. The second-order valence-electron chi connectivity index (χ2n) is 37.8. The van der Waals surface area contributed by atoms with Crippen LogP contribution in [0.5, 0.6) is 69.0 Å². The maximum Gasteiger partial charge on any atom is 0.151 e. The number of ether oxygens (including phenoxy) is 6. The summed E-state index contributed by atoms with van der Waals surface area (Å²) in [6.07, 6.45) is 0. The van der Waals surface area contributed by atoms with Crippen molar-refractivity contribution in [2.24, 2.45) is 0 Å². The van der Waals surface area contributed by atoms with Crippen molar-refractivity contribution in [3.05, 3.63) is 546 Å². The summed E-state index contributed by atoms with van der Waals surface area (Å²) in [7, 11) is 0. The molecule has 0 atom stereocenters. The second kappa shape index (κ2) is 37.1. The minimum atomic E-state index is 0.830. The van der Waals surface area contributed by atoms with E-state index in [1.165, 1.54) is 43.4 Å². The molecular formula is C138H90N6O6. The van der Waals surface area contributed by atoms with Gasteiger partial charge < -0.3 is 57.8 Å². The molecule has 6 aliphatic heterocycles. The van der Waals surface area contributed by atoms with Crippen LogP contribution in [-0.2, 0) is 0 Å². The van der Waals surface area contributed by atoms with Crippen LogP contribution in [0.2, 0.25) is 0 Å². The van der Waals surface area contributed by atoms with Gasteiger partial charge >= 0.3 is 0 Å². The lowest BCUT2D eigenvalue weighted by Crippen LogP contribution is -2.15. The molecule has 0 saturated carbocycles. The van der Waals surface area contributed by atoms with E-state index in [0.717, 1.165) is 227 Å². The Labute approximate surface area is 868 Å². The molecule has 6 aliphatic rings. The molecule has 30 rings (SSSR count). The Bertz CT molecular complexity index is 8860. The SMILES string of the molecule is c1ccc(N2c3ccccc3Oc3ccc(-c4ccc(-c5ccc6c(c5)N(c5ccccc5)c5ccccc5O6)c5ccccc45)cc32)cc1.c1ccc(N2c3ccccc3Oc3ccc(-c4ccc(-c5ccc6c(c5)N(c5ccccc5)c5ccccc5O6)cc4)cc32)cc1.c1ccc2c(c1)Oc1ccc(-c3ccc(-c4ccc5c(c4)N(c4ccc6ccccc6c4)c4ccccc4O5)cc3)cc1N2c1ccc2ccccc2c1. The van der Waals surface area contributed by atoms with E-state index < -0.39 is 0 Å². The van der Waals surface area contributed by atoms with Gasteiger partial charge in [-0.15, -0.1) is 0 Å². The van der Waals surface area contributed by atoms with E-state index >= 15 is 0 Å². The Hall–Kier alpha value is -20.3. The molecule has 0 fully saturated rings. The van der Waals surface area contributed by atoms with Crippen LogP contribution in [0.1, 0.15) is 0 Å². The average molecular weight is 1930 g/mol. The molecule has 0 saturated heterocycles. The Morgan fingerprint density at radius 1 is 0.107 bits per heavy atom. The topological polar surface area (TPSA) is 74.8 Å². The molecule has 24 aromatic carbocycles. The third-order valence-corrected chi connectivity index (χ3v) is 28.8. The summed E-state index contributed by atoms with van der Waals surface area (Å²) >= 11 is 0. The van der Waals surface area contributed by atoms with Gasteiger partial charge in [-0.2, -0.15) is 0 Å².